The van der Waals surface area contributed by atoms with Crippen LogP contribution < -0.4 is 4.74 Å². The maximum atomic E-state index is 15.9. The number of hydrogen-bond donors (Lipinski definition) is 0. The van der Waals surface area contributed by atoms with Crippen LogP contribution in [-0.2, 0) is 15.7 Å². The van der Waals surface area contributed by atoms with Gasteiger partial charge in [0.25, 0.3) is 0 Å². The molecule has 1 aromatic rings. The number of alkyl halides is 1. The molecule has 0 aliphatic rings. The van der Waals surface area contributed by atoms with Gasteiger partial charge in [0.1, 0.15) is 17.0 Å². The van der Waals surface area contributed by atoms with E-state index >= 15 is 4.39 Å². The van der Waals surface area contributed by atoms with E-state index in [1.54, 1.807) is 7.11 Å². The van der Waals surface area contributed by atoms with Crippen molar-refractivity contribution >= 4 is 14.4 Å². The standard InChI is InChI=1S/C26H46FNO4Si/c1-19(2)33(20(3)4,21(5)6)31-18-26(10,27)17-28(24(29)32-25(7,8)9)16-22-12-14-23(30-11)15-13-22/h12-15,19-21H,16-18H2,1-11H3/t26-/m0/s1. The molecule has 0 bridgehead atoms. The van der Waals surface area contributed by atoms with E-state index in [0.29, 0.717) is 16.6 Å². The van der Waals surface area contributed by atoms with E-state index in [1.165, 1.54) is 11.8 Å². The van der Waals surface area contributed by atoms with Gasteiger partial charge in [0, 0.05) is 6.54 Å². The molecule has 0 saturated carbocycles. The second-order valence-electron chi connectivity index (χ2n) is 11.2. The van der Waals surface area contributed by atoms with Crippen molar-refractivity contribution in [2.24, 2.45) is 0 Å². The van der Waals surface area contributed by atoms with Gasteiger partial charge in [-0.05, 0) is 62.0 Å². The highest BCUT2D eigenvalue weighted by molar-refractivity contribution is 6.77. The summed E-state index contributed by atoms with van der Waals surface area (Å²) in [5, 5.41) is 0. The molecule has 0 saturated heterocycles. The number of benzene rings is 1. The lowest BCUT2D eigenvalue weighted by molar-refractivity contribution is 0.000902. The van der Waals surface area contributed by atoms with Crippen LogP contribution in [-0.4, -0.2) is 50.8 Å². The third kappa shape index (κ3) is 8.60. The number of hydrogen-bond acceptors (Lipinski definition) is 4. The first-order valence-electron chi connectivity index (χ1n) is 12.0. The van der Waals surface area contributed by atoms with Crippen LogP contribution in [0.1, 0.15) is 74.8 Å². The predicted octanol–water partition coefficient (Wildman–Crippen LogP) is 7.35. The Bertz CT molecular complexity index is 720. The summed E-state index contributed by atoms with van der Waals surface area (Å²) in [5.74, 6) is 0.726. The molecule has 1 amide bonds. The van der Waals surface area contributed by atoms with E-state index < -0.39 is 25.7 Å². The Labute approximate surface area is 202 Å². The highest BCUT2D eigenvalue weighted by Crippen LogP contribution is 2.42. The Hall–Kier alpha value is -1.60. The fourth-order valence-corrected chi connectivity index (χ4v) is 10.2. The summed E-state index contributed by atoms with van der Waals surface area (Å²) in [6.45, 7) is 20.1. The Kier molecular flexibility index (Phi) is 10.4. The predicted molar refractivity (Wildman–Crippen MR) is 136 cm³/mol. The lowest BCUT2D eigenvalue weighted by Crippen LogP contribution is -2.52. The van der Waals surface area contributed by atoms with Crippen LogP contribution in [0.4, 0.5) is 9.18 Å². The van der Waals surface area contributed by atoms with Crippen LogP contribution in [0.15, 0.2) is 24.3 Å². The molecule has 5 nitrogen and oxygen atoms in total. The van der Waals surface area contributed by atoms with Crippen molar-refractivity contribution in [3.05, 3.63) is 29.8 Å². The van der Waals surface area contributed by atoms with Gasteiger partial charge in [-0.2, -0.15) is 0 Å². The molecule has 1 atom stereocenters. The van der Waals surface area contributed by atoms with Crippen molar-refractivity contribution in [3.63, 3.8) is 0 Å². The number of amides is 1. The molecule has 0 aromatic heterocycles. The quantitative estimate of drug-likeness (QED) is 0.309. The van der Waals surface area contributed by atoms with Gasteiger partial charge in [0.2, 0.25) is 0 Å². The number of rotatable bonds is 11. The van der Waals surface area contributed by atoms with Crippen LogP contribution in [0.25, 0.3) is 0 Å². The SMILES string of the molecule is COc1ccc(CN(C[C@](C)(F)CO[Si](C(C)C)(C(C)C)C(C)C)C(=O)OC(C)(C)C)cc1. The molecule has 0 heterocycles. The van der Waals surface area contributed by atoms with Gasteiger partial charge in [0.05, 0.1) is 20.3 Å². The van der Waals surface area contributed by atoms with Crippen molar-refractivity contribution in [3.8, 4) is 5.75 Å². The molecule has 1 aromatic carbocycles. The van der Waals surface area contributed by atoms with E-state index in [-0.39, 0.29) is 19.7 Å². The van der Waals surface area contributed by atoms with Crippen LogP contribution >= 0.6 is 0 Å². The topological polar surface area (TPSA) is 48.0 Å². The number of halogens is 1. The summed E-state index contributed by atoms with van der Waals surface area (Å²) < 4.78 is 33.2. The summed E-state index contributed by atoms with van der Waals surface area (Å²) in [5.41, 5.74) is -0.458. The van der Waals surface area contributed by atoms with Gasteiger partial charge in [-0.15, -0.1) is 0 Å². The second kappa shape index (κ2) is 11.7. The molecule has 0 aliphatic heterocycles. The zero-order valence-corrected chi connectivity index (χ0v) is 23.6. The first kappa shape index (κ1) is 29.4. The second-order valence-corrected chi connectivity index (χ2v) is 16.7. The van der Waals surface area contributed by atoms with Crippen molar-refractivity contribution in [1.29, 1.82) is 0 Å². The molecule has 0 fully saturated rings. The number of carbonyl (C=O) groups excluding carboxylic acids is 1. The molecular formula is C26H46FNO4Si. The molecule has 7 heteroatoms. The van der Waals surface area contributed by atoms with Crippen molar-refractivity contribution in [2.75, 3.05) is 20.3 Å². The largest absolute Gasteiger partial charge is 0.497 e. The molecule has 190 valence electrons. The molecule has 0 unspecified atom stereocenters. The smallest absolute Gasteiger partial charge is 0.410 e. The minimum atomic E-state index is -2.23. The van der Waals surface area contributed by atoms with Crippen LogP contribution in [0.3, 0.4) is 0 Å². The fraction of sp³-hybridized carbons (Fsp3) is 0.731. The highest BCUT2D eigenvalue weighted by Gasteiger charge is 2.46. The van der Waals surface area contributed by atoms with E-state index in [1.807, 2.05) is 45.0 Å². The Balaban J connectivity index is 3.10. The molecule has 1 rings (SSSR count). The van der Waals surface area contributed by atoms with Gasteiger partial charge >= 0.3 is 6.09 Å². The van der Waals surface area contributed by atoms with E-state index in [9.17, 15) is 4.79 Å². The Morgan fingerprint density at radius 2 is 1.45 bits per heavy atom. The maximum absolute atomic E-state index is 15.9. The van der Waals surface area contributed by atoms with Gasteiger partial charge in [-0.1, -0.05) is 53.7 Å². The minimum absolute atomic E-state index is 0.0460. The maximum Gasteiger partial charge on any atom is 0.410 e. The van der Waals surface area contributed by atoms with E-state index in [4.69, 9.17) is 13.9 Å². The molecular weight excluding hydrogens is 437 g/mol. The van der Waals surface area contributed by atoms with Gasteiger partial charge in [0.15, 0.2) is 8.32 Å². The third-order valence-corrected chi connectivity index (χ3v) is 12.1. The Morgan fingerprint density at radius 1 is 0.970 bits per heavy atom. The van der Waals surface area contributed by atoms with Gasteiger partial charge in [-0.3, -0.25) is 0 Å². The Morgan fingerprint density at radius 3 is 1.85 bits per heavy atom. The fourth-order valence-electron chi connectivity index (χ4n) is 4.68. The van der Waals surface area contributed by atoms with Crippen LogP contribution in [0, 0.1) is 0 Å². The monoisotopic (exact) mass is 483 g/mol. The van der Waals surface area contributed by atoms with Crippen molar-refractivity contribution < 1.29 is 23.1 Å². The van der Waals surface area contributed by atoms with E-state index in [2.05, 4.69) is 41.5 Å². The minimum Gasteiger partial charge on any atom is -0.497 e. The molecule has 33 heavy (non-hydrogen) atoms. The number of methoxy groups -OCH3 is 1. The van der Waals surface area contributed by atoms with Crippen molar-refractivity contribution in [2.45, 2.75) is 104 Å². The van der Waals surface area contributed by atoms with Crippen LogP contribution in [0.2, 0.25) is 16.6 Å². The summed E-state index contributed by atoms with van der Waals surface area (Å²) in [4.78, 5) is 14.4. The van der Waals surface area contributed by atoms with Crippen molar-refractivity contribution in [1.82, 2.24) is 4.90 Å². The lowest BCUT2D eigenvalue weighted by atomic mass is 10.1. The highest BCUT2D eigenvalue weighted by atomic mass is 28.4. The first-order chi connectivity index (χ1) is 15.0. The lowest BCUT2D eigenvalue weighted by Gasteiger charge is -2.43. The number of carbonyl (C=O) groups is 1. The first-order valence-corrected chi connectivity index (χ1v) is 14.1. The summed E-state index contributed by atoms with van der Waals surface area (Å²) in [6.07, 6.45) is -0.540. The van der Waals surface area contributed by atoms with Gasteiger partial charge < -0.3 is 18.8 Å². The summed E-state index contributed by atoms with van der Waals surface area (Å²) in [6, 6.07) is 7.40. The molecule has 0 spiro atoms. The zero-order valence-electron chi connectivity index (χ0n) is 22.6. The number of nitrogens with zero attached hydrogens (tertiary/aromatic N) is 1. The normalized spacial score (nSPS) is 14.5. The number of ether oxygens (including phenoxy) is 2. The van der Waals surface area contributed by atoms with E-state index in [0.717, 1.165) is 11.3 Å². The average Bonchev–Trinajstić information content (AvgIpc) is 2.66. The molecule has 0 N–H and O–H groups in total. The zero-order chi connectivity index (χ0) is 25.6. The van der Waals surface area contributed by atoms with Gasteiger partial charge in [-0.25, -0.2) is 9.18 Å². The molecule has 0 aliphatic carbocycles. The van der Waals surface area contributed by atoms with Crippen LogP contribution in [0.5, 0.6) is 5.75 Å². The molecule has 0 radical (unpaired) electrons. The average molecular weight is 484 g/mol. The third-order valence-electron chi connectivity index (χ3n) is 6.03. The summed E-state index contributed by atoms with van der Waals surface area (Å²) in [7, 11) is -0.625. The summed E-state index contributed by atoms with van der Waals surface area (Å²) >= 11 is 0.